The van der Waals surface area contributed by atoms with Crippen molar-refractivity contribution in [2.75, 3.05) is 5.32 Å². The first-order chi connectivity index (χ1) is 10.5. The summed E-state index contributed by atoms with van der Waals surface area (Å²) in [5.74, 6) is -0.318. The van der Waals surface area contributed by atoms with E-state index >= 15 is 0 Å². The summed E-state index contributed by atoms with van der Waals surface area (Å²) < 4.78 is 13.5. The number of hydrogen-bond acceptors (Lipinski definition) is 1. The van der Waals surface area contributed by atoms with Gasteiger partial charge in [-0.25, -0.2) is 4.39 Å². The molecule has 0 aromatic heterocycles. The summed E-state index contributed by atoms with van der Waals surface area (Å²) in [4.78, 5) is 12.9. The molecule has 0 spiro atoms. The van der Waals surface area contributed by atoms with E-state index in [1.54, 1.807) is 6.07 Å². The Labute approximate surface area is 130 Å². The van der Waals surface area contributed by atoms with Crippen LogP contribution in [-0.4, -0.2) is 5.91 Å². The van der Waals surface area contributed by atoms with E-state index in [9.17, 15) is 9.18 Å². The lowest BCUT2D eigenvalue weighted by Gasteiger charge is -2.40. The molecule has 3 rings (SSSR count). The van der Waals surface area contributed by atoms with Crippen molar-refractivity contribution in [3.05, 3.63) is 65.0 Å². The van der Waals surface area contributed by atoms with E-state index in [4.69, 9.17) is 0 Å². The minimum Gasteiger partial charge on any atom is -0.325 e. The summed E-state index contributed by atoms with van der Waals surface area (Å²) in [7, 11) is 0. The number of carbonyl (C=O) groups excluding carboxylic acids is 1. The fourth-order valence-corrected chi connectivity index (χ4v) is 3.08. The summed E-state index contributed by atoms with van der Waals surface area (Å²) in [6.45, 7) is 3.98. The van der Waals surface area contributed by atoms with Gasteiger partial charge in [0.1, 0.15) is 5.82 Å². The van der Waals surface area contributed by atoms with Crippen molar-refractivity contribution < 1.29 is 9.18 Å². The normalized spacial score (nSPS) is 16.0. The van der Waals surface area contributed by atoms with Gasteiger partial charge in [-0.05, 0) is 61.6 Å². The highest BCUT2D eigenvalue weighted by Gasteiger charge is 2.45. The lowest BCUT2D eigenvalue weighted by Crippen LogP contribution is -2.46. The van der Waals surface area contributed by atoms with Gasteiger partial charge < -0.3 is 5.32 Å². The van der Waals surface area contributed by atoms with Crippen LogP contribution in [0.3, 0.4) is 0 Å². The maximum absolute atomic E-state index is 13.5. The van der Waals surface area contributed by atoms with Gasteiger partial charge in [-0.1, -0.05) is 30.7 Å². The third-order valence-corrected chi connectivity index (χ3v) is 4.66. The van der Waals surface area contributed by atoms with Crippen molar-refractivity contribution in [2.24, 2.45) is 0 Å². The second-order valence-electron chi connectivity index (χ2n) is 6.22. The Balaban J connectivity index is 1.91. The number of benzene rings is 2. The zero-order valence-electron chi connectivity index (χ0n) is 12.9. The monoisotopic (exact) mass is 297 g/mol. The maximum atomic E-state index is 13.5. The summed E-state index contributed by atoms with van der Waals surface area (Å²) in [6.07, 6.45) is 2.54. The van der Waals surface area contributed by atoms with Crippen LogP contribution in [0.25, 0.3) is 0 Å². The Morgan fingerprint density at radius 2 is 1.91 bits per heavy atom. The van der Waals surface area contributed by atoms with Crippen molar-refractivity contribution in [2.45, 2.75) is 38.5 Å². The average Bonchev–Trinajstić information content (AvgIpc) is 2.42. The van der Waals surface area contributed by atoms with Crippen LogP contribution in [0, 0.1) is 19.7 Å². The van der Waals surface area contributed by atoms with Gasteiger partial charge in [0.2, 0.25) is 5.91 Å². The van der Waals surface area contributed by atoms with Gasteiger partial charge in [0.15, 0.2) is 0 Å². The minimum atomic E-state index is -0.585. The van der Waals surface area contributed by atoms with Crippen LogP contribution in [-0.2, 0) is 10.2 Å². The summed E-state index contributed by atoms with van der Waals surface area (Å²) in [5.41, 5.74) is 3.18. The van der Waals surface area contributed by atoms with Gasteiger partial charge in [0.25, 0.3) is 0 Å². The minimum absolute atomic E-state index is 0.0296. The number of nitrogens with one attached hydrogen (secondary N) is 1. The molecule has 22 heavy (non-hydrogen) atoms. The average molecular weight is 297 g/mol. The van der Waals surface area contributed by atoms with E-state index in [0.29, 0.717) is 0 Å². The molecule has 1 aliphatic carbocycles. The van der Waals surface area contributed by atoms with Gasteiger partial charge >= 0.3 is 0 Å². The Bertz CT molecular complexity index is 719. The molecule has 1 aliphatic rings. The molecule has 0 aliphatic heterocycles. The van der Waals surface area contributed by atoms with E-state index in [2.05, 4.69) is 5.32 Å². The van der Waals surface area contributed by atoms with Crippen molar-refractivity contribution in [3.63, 3.8) is 0 Å². The lowest BCUT2D eigenvalue weighted by atomic mass is 9.63. The number of aryl methyl sites for hydroxylation is 2. The molecule has 0 unspecified atom stereocenters. The maximum Gasteiger partial charge on any atom is 0.235 e. The highest BCUT2D eigenvalue weighted by Crippen LogP contribution is 2.44. The van der Waals surface area contributed by atoms with E-state index in [-0.39, 0.29) is 11.7 Å². The molecular weight excluding hydrogens is 277 g/mol. The summed E-state index contributed by atoms with van der Waals surface area (Å²) in [6, 6.07) is 12.4. The van der Waals surface area contributed by atoms with Gasteiger partial charge in [-0.15, -0.1) is 0 Å². The van der Waals surface area contributed by atoms with E-state index in [1.165, 1.54) is 12.1 Å². The topological polar surface area (TPSA) is 29.1 Å². The predicted octanol–water partition coefficient (Wildman–Crippen LogP) is 4.50. The molecule has 2 aromatic rings. The molecule has 1 N–H and O–H groups in total. The molecule has 0 heterocycles. The second kappa shape index (κ2) is 5.56. The lowest BCUT2D eigenvalue weighted by molar-refractivity contribution is -0.124. The molecule has 1 fully saturated rings. The second-order valence-corrected chi connectivity index (χ2v) is 6.22. The largest absolute Gasteiger partial charge is 0.325 e. The van der Waals surface area contributed by atoms with Crippen molar-refractivity contribution in [1.82, 2.24) is 0 Å². The first-order valence-corrected chi connectivity index (χ1v) is 7.66. The molecular formula is C19H20FNO. The number of halogens is 1. The predicted molar refractivity (Wildman–Crippen MR) is 86.5 cm³/mol. The van der Waals surface area contributed by atoms with Gasteiger partial charge in [-0.2, -0.15) is 0 Å². The molecule has 3 heteroatoms. The van der Waals surface area contributed by atoms with E-state index in [0.717, 1.165) is 41.6 Å². The number of anilines is 1. The van der Waals surface area contributed by atoms with Crippen LogP contribution in [0.15, 0.2) is 42.5 Å². The molecule has 0 atom stereocenters. The van der Waals surface area contributed by atoms with Crippen LogP contribution in [0.1, 0.15) is 36.0 Å². The van der Waals surface area contributed by atoms with E-state index in [1.807, 2.05) is 38.1 Å². The van der Waals surface area contributed by atoms with Crippen molar-refractivity contribution in [3.8, 4) is 0 Å². The smallest absolute Gasteiger partial charge is 0.235 e. The molecule has 0 saturated heterocycles. The molecule has 0 bridgehead atoms. The van der Waals surface area contributed by atoms with Crippen molar-refractivity contribution >= 4 is 11.6 Å². The molecule has 2 aromatic carbocycles. The van der Waals surface area contributed by atoms with Crippen LogP contribution in [0.2, 0.25) is 0 Å². The van der Waals surface area contributed by atoms with Gasteiger partial charge in [0, 0.05) is 5.69 Å². The molecule has 0 radical (unpaired) electrons. The quantitative estimate of drug-likeness (QED) is 0.887. The van der Waals surface area contributed by atoms with Crippen LogP contribution < -0.4 is 5.32 Å². The standard InChI is InChI=1S/C19H20FNO/c1-13-7-8-14(2)17(11-13)21-18(22)19(9-4-10-19)15-5-3-6-16(20)12-15/h3,5-8,11-12H,4,9-10H2,1-2H3,(H,21,22). The zero-order valence-corrected chi connectivity index (χ0v) is 12.9. The Hall–Kier alpha value is -2.16. The fourth-order valence-electron chi connectivity index (χ4n) is 3.08. The SMILES string of the molecule is Cc1ccc(C)c(NC(=O)C2(c3cccc(F)c3)CCC2)c1. The number of amides is 1. The van der Waals surface area contributed by atoms with E-state index < -0.39 is 5.41 Å². The van der Waals surface area contributed by atoms with Crippen LogP contribution in [0.5, 0.6) is 0 Å². The Morgan fingerprint density at radius 1 is 1.14 bits per heavy atom. The number of hydrogen-bond donors (Lipinski definition) is 1. The Kier molecular flexibility index (Phi) is 3.73. The molecule has 2 nitrogen and oxygen atoms in total. The Morgan fingerprint density at radius 3 is 2.55 bits per heavy atom. The highest BCUT2D eigenvalue weighted by molar-refractivity contribution is 6.00. The first-order valence-electron chi connectivity index (χ1n) is 7.66. The fraction of sp³-hybridized carbons (Fsp3) is 0.316. The third-order valence-electron chi connectivity index (χ3n) is 4.66. The number of carbonyl (C=O) groups is 1. The summed E-state index contributed by atoms with van der Waals surface area (Å²) >= 11 is 0. The number of rotatable bonds is 3. The van der Waals surface area contributed by atoms with Gasteiger partial charge in [-0.3, -0.25) is 4.79 Å². The molecule has 114 valence electrons. The molecule has 1 amide bonds. The van der Waals surface area contributed by atoms with Gasteiger partial charge in [0.05, 0.1) is 5.41 Å². The summed E-state index contributed by atoms with van der Waals surface area (Å²) in [5, 5.41) is 3.05. The zero-order chi connectivity index (χ0) is 15.7. The molecule has 1 saturated carbocycles. The first kappa shape index (κ1) is 14.8. The van der Waals surface area contributed by atoms with Crippen molar-refractivity contribution in [1.29, 1.82) is 0 Å². The van der Waals surface area contributed by atoms with Crippen LogP contribution >= 0.6 is 0 Å². The third kappa shape index (κ3) is 2.52. The van der Waals surface area contributed by atoms with Crippen LogP contribution in [0.4, 0.5) is 10.1 Å². The highest BCUT2D eigenvalue weighted by atomic mass is 19.1.